The summed E-state index contributed by atoms with van der Waals surface area (Å²) < 4.78 is 6.42. The highest BCUT2D eigenvalue weighted by Gasteiger charge is 2.70. The summed E-state index contributed by atoms with van der Waals surface area (Å²) in [5.74, 6) is -0.887. The highest BCUT2D eigenvalue weighted by atomic mass is 16.5. The Hall–Kier alpha value is -3.49. The van der Waals surface area contributed by atoms with Crippen molar-refractivity contribution in [1.29, 1.82) is 0 Å². The molecule has 60 heavy (non-hydrogen) atoms. The van der Waals surface area contributed by atoms with Crippen molar-refractivity contribution in [3.8, 4) is 0 Å². The van der Waals surface area contributed by atoms with E-state index in [2.05, 4.69) is 59.1 Å². The van der Waals surface area contributed by atoms with Gasteiger partial charge in [0.05, 0.1) is 17.4 Å². The first-order valence-corrected chi connectivity index (χ1v) is 23.1. The number of Topliss-reactive ketones (excluding diaryl/α,β-unsaturated/α-hetero) is 1. The third-order valence-electron chi connectivity index (χ3n) is 18.6. The minimum atomic E-state index is -0.839. The van der Waals surface area contributed by atoms with E-state index in [-0.39, 0.29) is 76.1 Å². The zero-order valence-electron chi connectivity index (χ0n) is 38.7. The number of carbonyl (C=O) groups is 5. The van der Waals surface area contributed by atoms with E-state index in [4.69, 9.17) is 4.74 Å². The molecule has 5 fully saturated rings. The van der Waals surface area contributed by atoms with Crippen molar-refractivity contribution >= 4 is 29.5 Å². The normalized spacial score (nSPS) is 37.8. The molecule has 0 aliphatic heterocycles. The van der Waals surface area contributed by atoms with Crippen LogP contribution in [-0.4, -0.2) is 52.8 Å². The van der Waals surface area contributed by atoms with Crippen LogP contribution in [0.15, 0.2) is 35.4 Å². The van der Waals surface area contributed by atoms with E-state index in [1.807, 2.05) is 58.9 Å². The fourth-order valence-corrected chi connectivity index (χ4v) is 14.9. The zero-order valence-corrected chi connectivity index (χ0v) is 38.7. The molecule has 3 N–H and O–H groups in total. The molecule has 2 amide bonds. The summed E-state index contributed by atoms with van der Waals surface area (Å²) in [6.45, 7) is 26.4. The molecule has 10 atom stereocenters. The lowest BCUT2D eigenvalue weighted by molar-refractivity contribution is -0.236. The van der Waals surface area contributed by atoms with Gasteiger partial charge in [-0.1, -0.05) is 85.6 Å². The van der Waals surface area contributed by atoms with Crippen LogP contribution < -0.4 is 10.6 Å². The molecular weight excluding hydrogens is 753 g/mol. The second-order valence-corrected chi connectivity index (χ2v) is 23.4. The predicted octanol–water partition coefficient (Wildman–Crippen LogP) is 9.65. The topological polar surface area (TPSA) is 139 Å². The molecule has 9 nitrogen and oxygen atoms in total. The van der Waals surface area contributed by atoms with Crippen molar-refractivity contribution in [2.75, 3.05) is 6.54 Å². The first kappa shape index (κ1) is 44.6. The number of carbonyl (C=O) groups excluding carboxylic acids is 4. The molecule has 6 aliphatic carbocycles. The number of aryl methyl sites for hydroxylation is 1. The number of ether oxygens (including phenoxy) is 1. The number of hydrogen-bond acceptors (Lipinski definition) is 6. The highest BCUT2D eigenvalue weighted by molar-refractivity contribution is 6.01. The fraction of sp³-hybridized carbons (Fsp3) is 0.745. The van der Waals surface area contributed by atoms with Crippen LogP contribution in [-0.2, 0) is 23.9 Å². The lowest BCUT2D eigenvalue weighted by Gasteiger charge is -2.72. The predicted molar refractivity (Wildman–Crippen MR) is 233 cm³/mol. The van der Waals surface area contributed by atoms with Gasteiger partial charge in [-0.05, 0) is 142 Å². The second-order valence-electron chi connectivity index (χ2n) is 23.4. The average molecular weight is 827 g/mol. The molecular formula is C51H74N2O7. The number of carboxylic acids is 1. The van der Waals surface area contributed by atoms with Gasteiger partial charge < -0.3 is 20.5 Å². The Morgan fingerprint density at radius 1 is 0.833 bits per heavy atom. The van der Waals surface area contributed by atoms with Crippen molar-refractivity contribution in [2.45, 2.75) is 165 Å². The van der Waals surface area contributed by atoms with Crippen molar-refractivity contribution < 1.29 is 33.8 Å². The summed E-state index contributed by atoms with van der Waals surface area (Å²) in [5.41, 5.74) is 1.93. The summed E-state index contributed by atoms with van der Waals surface area (Å²) >= 11 is 0. The number of amides is 2. The molecule has 0 bridgehead atoms. The van der Waals surface area contributed by atoms with E-state index in [1.54, 1.807) is 0 Å². The molecule has 330 valence electrons. The summed E-state index contributed by atoms with van der Waals surface area (Å²) in [5, 5.41) is 16.0. The van der Waals surface area contributed by atoms with Gasteiger partial charge in [0.25, 0.3) is 5.91 Å². The van der Waals surface area contributed by atoms with Crippen LogP contribution in [0.4, 0.5) is 0 Å². The van der Waals surface area contributed by atoms with Crippen molar-refractivity contribution in [3.63, 3.8) is 0 Å². The maximum atomic E-state index is 14.2. The molecule has 6 aliphatic rings. The number of allylic oxidation sites excluding steroid dienone is 2. The number of rotatable bonds is 10. The molecule has 1 aromatic carbocycles. The molecule has 0 aromatic heterocycles. The Balaban J connectivity index is 1.08. The number of benzene rings is 1. The Labute approximate surface area is 359 Å². The number of nitrogens with one attached hydrogen (secondary N) is 2. The van der Waals surface area contributed by atoms with Crippen molar-refractivity contribution in [1.82, 2.24) is 10.6 Å². The van der Waals surface area contributed by atoms with E-state index >= 15 is 0 Å². The number of aliphatic carboxylic acids is 1. The lowest BCUT2D eigenvalue weighted by atomic mass is 9.33. The first-order chi connectivity index (χ1) is 27.7. The van der Waals surface area contributed by atoms with Crippen LogP contribution in [0.3, 0.4) is 0 Å². The SMILES string of the molecule is Cc1ccc(C(=O)NC(C)(C)CNC(=O)C[C@@]23CC[C@]4(C)[C@H](CC[C@@H]5[C@@]6(C)CC[C@H](OC(=O)[C@H]7C[C@@H](C(=O)O)C7(C)C)C(C)(C)[C@@H]6CC[C@]54C)C2=C(C(C)C)C(=O)C3)cc1. The molecule has 7 rings (SSSR count). The summed E-state index contributed by atoms with van der Waals surface area (Å²) in [4.78, 5) is 66.8. The van der Waals surface area contributed by atoms with Crippen LogP contribution in [0.1, 0.15) is 163 Å². The van der Waals surface area contributed by atoms with Gasteiger partial charge in [0.1, 0.15) is 6.10 Å². The molecule has 5 saturated carbocycles. The largest absolute Gasteiger partial charge is 0.481 e. The third kappa shape index (κ3) is 6.89. The number of esters is 1. The van der Waals surface area contributed by atoms with Gasteiger partial charge in [0.2, 0.25) is 5.91 Å². The van der Waals surface area contributed by atoms with Gasteiger partial charge in [0.15, 0.2) is 5.78 Å². The molecule has 0 heterocycles. The molecule has 0 unspecified atom stereocenters. The highest BCUT2D eigenvalue weighted by Crippen LogP contribution is 2.77. The Bertz CT molecular complexity index is 1980. The summed E-state index contributed by atoms with van der Waals surface area (Å²) in [6.07, 6.45) is 8.55. The minimum Gasteiger partial charge on any atom is -0.481 e. The van der Waals surface area contributed by atoms with E-state index in [1.165, 1.54) is 5.57 Å². The Kier molecular flexibility index (Phi) is 11.0. The molecule has 9 heteroatoms. The second kappa shape index (κ2) is 14.8. The van der Waals surface area contributed by atoms with E-state index in [0.717, 1.165) is 62.5 Å². The van der Waals surface area contributed by atoms with Crippen LogP contribution in [0, 0.1) is 74.9 Å². The minimum absolute atomic E-state index is 0.0252. The molecule has 0 radical (unpaired) electrons. The lowest BCUT2D eigenvalue weighted by Crippen LogP contribution is -2.66. The van der Waals surface area contributed by atoms with Crippen LogP contribution in [0.5, 0.6) is 0 Å². The van der Waals surface area contributed by atoms with Crippen LogP contribution in [0.2, 0.25) is 0 Å². The number of hydrogen-bond donors (Lipinski definition) is 3. The quantitative estimate of drug-likeness (QED) is 0.200. The van der Waals surface area contributed by atoms with Gasteiger partial charge in [-0.3, -0.25) is 24.0 Å². The maximum Gasteiger partial charge on any atom is 0.309 e. The standard InChI is InChI=1S/C51H74N2O7/c1-29(2)40-35(54)26-51(27-39(55)52-28-45(4,5)53-42(56)31-15-13-30(3)14-16-31)24-23-49(11)32(41(40)51)17-18-37-48(10)21-20-38(47(8,9)36(48)19-22-50(37,49)12)60-44(59)34-25-33(43(57)58)46(34,6)7/h13-16,29,32-34,36-38H,17-28H2,1-12H3,(H,52,55)(H,53,56)(H,57,58)/t32-,33+,34-,36+,37-,38+,48+,49-,50-,51+/m1/s1. The number of carboxylic acid groups (broad SMARTS) is 1. The van der Waals surface area contributed by atoms with Gasteiger partial charge in [-0.15, -0.1) is 0 Å². The smallest absolute Gasteiger partial charge is 0.309 e. The molecule has 0 spiro atoms. The molecule has 0 saturated heterocycles. The summed E-state index contributed by atoms with van der Waals surface area (Å²) in [6, 6.07) is 7.47. The van der Waals surface area contributed by atoms with Crippen molar-refractivity contribution in [3.05, 3.63) is 46.5 Å². The van der Waals surface area contributed by atoms with E-state index in [0.29, 0.717) is 30.2 Å². The number of ketones is 1. The first-order valence-electron chi connectivity index (χ1n) is 23.1. The van der Waals surface area contributed by atoms with E-state index in [9.17, 15) is 29.1 Å². The summed E-state index contributed by atoms with van der Waals surface area (Å²) in [7, 11) is 0. The van der Waals surface area contributed by atoms with E-state index < -0.39 is 34.2 Å². The van der Waals surface area contributed by atoms with Gasteiger partial charge >= 0.3 is 11.9 Å². The van der Waals surface area contributed by atoms with Crippen molar-refractivity contribution in [2.24, 2.45) is 68.0 Å². The Morgan fingerprint density at radius 2 is 1.50 bits per heavy atom. The monoisotopic (exact) mass is 827 g/mol. The maximum absolute atomic E-state index is 14.2. The molecule has 1 aromatic rings. The van der Waals surface area contributed by atoms with Gasteiger partial charge in [-0.2, -0.15) is 0 Å². The van der Waals surface area contributed by atoms with Gasteiger partial charge in [-0.25, -0.2) is 0 Å². The number of fused-ring (bicyclic) bond motifs is 7. The fourth-order valence-electron chi connectivity index (χ4n) is 14.9. The van der Waals surface area contributed by atoms with Gasteiger partial charge in [0, 0.05) is 35.8 Å². The Morgan fingerprint density at radius 3 is 2.12 bits per heavy atom. The average Bonchev–Trinajstić information content (AvgIpc) is 3.43. The zero-order chi connectivity index (χ0) is 44.2. The third-order valence-corrected chi connectivity index (χ3v) is 18.6. The van der Waals surface area contributed by atoms with Crippen LogP contribution >= 0.6 is 0 Å². The van der Waals surface area contributed by atoms with Crippen LogP contribution in [0.25, 0.3) is 0 Å².